The fourth-order valence-corrected chi connectivity index (χ4v) is 2.73. The molecule has 122 valence electrons. The number of amides is 1. The Labute approximate surface area is 135 Å². The summed E-state index contributed by atoms with van der Waals surface area (Å²) in [6.45, 7) is 0.281. The Morgan fingerprint density at radius 3 is 2.52 bits per heavy atom. The van der Waals surface area contributed by atoms with Crippen LogP contribution in [0.4, 0.5) is 0 Å². The van der Waals surface area contributed by atoms with Gasteiger partial charge in [-0.15, -0.1) is 0 Å². The van der Waals surface area contributed by atoms with Crippen molar-refractivity contribution in [2.24, 2.45) is 0 Å². The van der Waals surface area contributed by atoms with Crippen LogP contribution in [0.15, 0.2) is 40.8 Å². The highest BCUT2D eigenvalue weighted by molar-refractivity contribution is 5.91. The van der Waals surface area contributed by atoms with Crippen molar-refractivity contribution in [1.82, 2.24) is 5.32 Å². The molecule has 1 aromatic carbocycles. The number of rotatable bonds is 6. The van der Waals surface area contributed by atoms with Crippen molar-refractivity contribution in [3.05, 3.63) is 47.9 Å². The Bertz CT molecular complexity index is 641. The molecular formula is C18H21NO4. The van der Waals surface area contributed by atoms with Gasteiger partial charge < -0.3 is 19.2 Å². The van der Waals surface area contributed by atoms with Crippen LogP contribution in [0.2, 0.25) is 0 Å². The predicted octanol–water partition coefficient (Wildman–Crippen LogP) is 3.54. The summed E-state index contributed by atoms with van der Waals surface area (Å²) in [6, 6.07) is 11.1. The molecule has 1 aromatic heterocycles. The molecule has 0 atom stereocenters. The summed E-state index contributed by atoms with van der Waals surface area (Å²) < 4.78 is 16.3. The number of furan rings is 1. The summed E-state index contributed by atoms with van der Waals surface area (Å²) in [6.07, 6.45) is 4.48. The summed E-state index contributed by atoms with van der Waals surface area (Å²) in [4.78, 5) is 12.1. The summed E-state index contributed by atoms with van der Waals surface area (Å²) in [7, 11) is 1.62. The van der Waals surface area contributed by atoms with Gasteiger partial charge in [0.25, 0.3) is 5.91 Å². The molecule has 2 aromatic rings. The molecule has 1 aliphatic rings. The van der Waals surface area contributed by atoms with E-state index < -0.39 is 0 Å². The number of benzene rings is 1. The molecule has 1 fully saturated rings. The van der Waals surface area contributed by atoms with E-state index in [-0.39, 0.29) is 18.6 Å². The van der Waals surface area contributed by atoms with Crippen molar-refractivity contribution in [2.45, 2.75) is 38.3 Å². The van der Waals surface area contributed by atoms with E-state index in [4.69, 9.17) is 13.9 Å². The lowest BCUT2D eigenvalue weighted by Gasteiger charge is -2.10. The quantitative estimate of drug-likeness (QED) is 0.885. The number of methoxy groups -OCH3 is 1. The lowest BCUT2D eigenvalue weighted by atomic mass is 10.2. The molecule has 1 amide bonds. The zero-order valence-corrected chi connectivity index (χ0v) is 13.2. The molecule has 1 N–H and O–H groups in total. The summed E-state index contributed by atoms with van der Waals surface area (Å²) >= 11 is 0. The van der Waals surface area contributed by atoms with Gasteiger partial charge in [0.2, 0.25) is 0 Å². The smallest absolute Gasteiger partial charge is 0.287 e. The molecule has 0 spiro atoms. The van der Waals surface area contributed by atoms with E-state index in [2.05, 4.69) is 5.32 Å². The summed E-state index contributed by atoms with van der Waals surface area (Å²) in [5, 5.41) is 3.01. The average molecular weight is 315 g/mol. The van der Waals surface area contributed by atoms with Crippen LogP contribution in [-0.2, 0) is 6.61 Å². The van der Waals surface area contributed by atoms with Gasteiger partial charge in [-0.1, -0.05) is 12.8 Å². The van der Waals surface area contributed by atoms with Crippen LogP contribution in [0, 0.1) is 0 Å². The summed E-state index contributed by atoms with van der Waals surface area (Å²) in [5.41, 5.74) is 0. The number of hydrogen-bond donors (Lipinski definition) is 1. The second-order valence-electron chi connectivity index (χ2n) is 5.69. The van der Waals surface area contributed by atoms with Crippen LogP contribution >= 0.6 is 0 Å². The Morgan fingerprint density at radius 2 is 1.83 bits per heavy atom. The lowest BCUT2D eigenvalue weighted by Crippen LogP contribution is -2.32. The first kappa shape index (κ1) is 15.5. The highest BCUT2D eigenvalue weighted by Gasteiger charge is 2.19. The van der Waals surface area contributed by atoms with E-state index in [1.54, 1.807) is 19.2 Å². The number of carbonyl (C=O) groups is 1. The first-order valence-electron chi connectivity index (χ1n) is 7.91. The van der Waals surface area contributed by atoms with Crippen LogP contribution < -0.4 is 14.8 Å². The van der Waals surface area contributed by atoms with Crippen LogP contribution in [0.1, 0.15) is 42.0 Å². The topological polar surface area (TPSA) is 60.7 Å². The fourth-order valence-electron chi connectivity index (χ4n) is 2.73. The monoisotopic (exact) mass is 315 g/mol. The summed E-state index contributed by atoms with van der Waals surface area (Å²) in [5.74, 6) is 2.32. The fraction of sp³-hybridized carbons (Fsp3) is 0.389. The van der Waals surface area contributed by atoms with Crippen LogP contribution in [0.5, 0.6) is 11.5 Å². The molecule has 3 rings (SSSR count). The first-order chi connectivity index (χ1) is 11.2. The van der Waals surface area contributed by atoms with E-state index in [0.29, 0.717) is 11.5 Å². The molecule has 0 radical (unpaired) electrons. The first-order valence-corrected chi connectivity index (χ1v) is 7.91. The molecule has 0 aliphatic heterocycles. The van der Waals surface area contributed by atoms with E-state index in [0.717, 1.165) is 24.3 Å². The molecule has 0 saturated heterocycles. The second-order valence-corrected chi connectivity index (χ2v) is 5.69. The van der Waals surface area contributed by atoms with Crippen LogP contribution in [-0.4, -0.2) is 19.1 Å². The van der Waals surface area contributed by atoms with Crippen molar-refractivity contribution in [3.8, 4) is 11.5 Å². The minimum atomic E-state index is -0.146. The van der Waals surface area contributed by atoms with Crippen molar-refractivity contribution >= 4 is 5.91 Å². The van der Waals surface area contributed by atoms with Gasteiger partial charge in [-0.25, -0.2) is 0 Å². The normalized spacial score (nSPS) is 14.7. The number of hydrogen-bond acceptors (Lipinski definition) is 4. The maximum Gasteiger partial charge on any atom is 0.287 e. The zero-order valence-electron chi connectivity index (χ0n) is 13.2. The molecule has 5 heteroatoms. The van der Waals surface area contributed by atoms with Crippen molar-refractivity contribution in [1.29, 1.82) is 0 Å². The van der Waals surface area contributed by atoms with Gasteiger partial charge in [0.15, 0.2) is 5.76 Å². The van der Waals surface area contributed by atoms with E-state index >= 15 is 0 Å². The zero-order chi connectivity index (χ0) is 16.1. The van der Waals surface area contributed by atoms with Gasteiger partial charge >= 0.3 is 0 Å². The molecule has 0 unspecified atom stereocenters. The average Bonchev–Trinajstić information content (AvgIpc) is 3.25. The highest BCUT2D eigenvalue weighted by Crippen LogP contribution is 2.20. The van der Waals surface area contributed by atoms with Crippen molar-refractivity contribution < 1.29 is 18.7 Å². The third-order valence-electron chi connectivity index (χ3n) is 4.02. The lowest BCUT2D eigenvalue weighted by molar-refractivity contribution is 0.0905. The van der Waals surface area contributed by atoms with E-state index in [1.165, 1.54) is 12.8 Å². The van der Waals surface area contributed by atoms with Gasteiger partial charge in [0.05, 0.1) is 7.11 Å². The van der Waals surface area contributed by atoms with Gasteiger partial charge in [-0.2, -0.15) is 0 Å². The van der Waals surface area contributed by atoms with Gasteiger partial charge in [-0.3, -0.25) is 4.79 Å². The van der Waals surface area contributed by atoms with Gasteiger partial charge in [0, 0.05) is 6.04 Å². The Kier molecular flexibility index (Phi) is 4.86. The van der Waals surface area contributed by atoms with E-state index in [1.807, 2.05) is 24.3 Å². The van der Waals surface area contributed by atoms with E-state index in [9.17, 15) is 4.79 Å². The second kappa shape index (κ2) is 7.22. The molecule has 1 saturated carbocycles. The highest BCUT2D eigenvalue weighted by atomic mass is 16.5. The largest absolute Gasteiger partial charge is 0.497 e. The van der Waals surface area contributed by atoms with Crippen molar-refractivity contribution in [2.75, 3.05) is 7.11 Å². The maximum atomic E-state index is 12.1. The number of carbonyl (C=O) groups excluding carboxylic acids is 1. The SMILES string of the molecule is COc1ccc(OCc2ccc(C(=O)NC3CCCC3)o2)cc1. The molecule has 5 nitrogen and oxygen atoms in total. The van der Waals surface area contributed by atoms with Crippen molar-refractivity contribution in [3.63, 3.8) is 0 Å². The number of nitrogens with one attached hydrogen (secondary N) is 1. The number of ether oxygens (including phenoxy) is 2. The maximum absolute atomic E-state index is 12.1. The van der Waals surface area contributed by atoms with Crippen LogP contribution in [0.3, 0.4) is 0 Å². The molecule has 1 aliphatic carbocycles. The Balaban J connectivity index is 1.52. The molecule has 1 heterocycles. The molecule has 23 heavy (non-hydrogen) atoms. The third kappa shape index (κ3) is 4.06. The van der Waals surface area contributed by atoms with Gasteiger partial charge in [-0.05, 0) is 49.2 Å². The minimum Gasteiger partial charge on any atom is -0.497 e. The Morgan fingerprint density at radius 1 is 1.13 bits per heavy atom. The third-order valence-corrected chi connectivity index (χ3v) is 4.02. The minimum absolute atomic E-state index is 0.146. The molecule has 0 bridgehead atoms. The Hall–Kier alpha value is -2.43. The predicted molar refractivity (Wildman–Crippen MR) is 85.8 cm³/mol. The molecular weight excluding hydrogens is 294 g/mol. The van der Waals surface area contributed by atoms with Gasteiger partial charge in [0.1, 0.15) is 23.9 Å². The van der Waals surface area contributed by atoms with Crippen LogP contribution in [0.25, 0.3) is 0 Å². The standard InChI is InChI=1S/C18H21NO4/c1-21-14-6-8-15(9-7-14)22-12-16-10-11-17(23-16)18(20)19-13-4-2-3-5-13/h6-11,13H,2-5,12H2,1H3,(H,19,20).